The molecule has 0 aliphatic rings. The molecule has 0 saturated heterocycles. The Labute approximate surface area is 85.2 Å². The minimum atomic E-state index is -1.45. The van der Waals surface area contributed by atoms with E-state index in [4.69, 9.17) is 5.11 Å². The minimum Gasteiger partial charge on any atom is -0.475 e. The Morgan fingerprint density at radius 2 is 2.00 bits per heavy atom. The summed E-state index contributed by atoms with van der Waals surface area (Å²) in [5.74, 6) is -2.36. The molecule has 0 spiro atoms. The van der Waals surface area contributed by atoms with Crippen LogP contribution in [0, 0.1) is 0 Å². The SMILES string of the molecule is O=C(O)C(=O)c1cccc2ccncc12. The van der Waals surface area contributed by atoms with Crippen molar-refractivity contribution in [2.75, 3.05) is 0 Å². The number of hydrogen-bond donors (Lipinski definition) is 1. The lowest BCUT2D eigenvalue weighted by molar-refractivity contribution is -0.131. The summed E-state index contributed by atoms with van der Waals surface area (Å²) in [6.45, 7) is 0. The van der Waals surface area contributed by atoms with Gasteiger partial charge in [-0.05, 0) is 11.5 Å². The lowest BCUT2D eigenvalue weighted by atomic mass is 10.0. The third-order valence-electron chi connectivity index (χ3n) is 2.12. The lowest BCUT2D eigenvalue weighted by Crippen LogP contribution is -2.12. The smallest absolute Gasteiger partial charge is 0.377 e. The van der Waals surface area contributed by atoms with Crippen molar-refractivity contribution in [3.8, 4) is 0 Å². The quantitative estimate of drug-likeness (QED) is 0.590. The fourth-order valence-electron chi connectivity index (χ4n) is 1.43. The van der Waals surface area contributed by atoms with Crippen molar-refractivity contribution >= 4 is 22.5 Å². The predicted octanol–water partition coefficient (Wildman–Crippen LogP) is 1.50. The second kappa shape index (κ2) is 3.49. The van der Waals surface area contributed by atoms with Crippen molar-refractivity contribution in [2.24, 2.45) is 0 Å². The number of aliphatic carboxylic acids is 1. The molecule has 2 rings (SSSR count). The number of benzene rings is 1. The van der Waals surface area contributed by atoms with E-state index in [1.54, 1.807) is 24.4 Å². The van der Waals surface area contributed by atoms with Crippen LogP contribution in [-0.2, 0) is 4.79 Å². The number of carboxylic acid groups (broad SMARTS) is 1. The third kappa shape index (κ3) is 1.57. The van der Waals surface area contributed by atoms with Gasteiger partial charge in [-0.2, -0.15) is 0 Å². The van der Waals surface area contributed by atoms with Crippen LogP contribution in [0.25, 0.3) is 10.8 Å². The first-order valence-corrected chi connectivity index (χ1v) is 4.30. The fraction of sp³-hybridized carbons (Fsp3) is 0. The molecule has 0 fully saturated rings. The number of rotatable bonds is 2. The molecule has 2 aromatic rings. The summed E-state index contributed by atoms with van der Waals surface area (Å²) in [4.78, 5) is 25.8. The van der Waals surface area contributed by atoms with Gasteiger partial charge in [0.1, 0.15) is 0 Å². The zero-order valence-corrected chi connectivity index (χ0v) is 7.68. The van der Waals surface area contributed by atoms with Crippen molar-refractivity contribution in [3.05, 3.63) is 42.2 Å². The van der Waals surface area contributed by atoms with E-state index in [9.17, 15) is 9.59 Å². The highest BCUT2D eigenvalue weighted by Crippen LogP contribution is 2.17. The zero-order chi connectivity index (χ0) is 10.8. The molecule has 0 aliphatic carbocycles. The van der Waals surface area contributed by atoms with Crippen molar-refractivity contribution in [1.82, 2.24) is 4.98 Å². The molecule has 74 valence electrons. The monoisotopic (exact) mass is 201 g/mol. The van der Waals surface area contributed by atoms with Gasteiger partial charge in [0.15, 0.2) is 0 Å². The van der Waals surface area contributed by atoms with Crippen molar-refractivity contribution in [3.63, 3.8) is 0 Å². The van der Waals surface area contributed by atoms with E-state index in [1.807, 2.05) is 0 Å². The van der Waals surface area contributed by atoms with Crippen LogP contribution < -0.4 is 0 Å². The van der Waals surface area contributed by atoms with Crippen LogP contribution in [0.4, 0.5) is 0 Å². The summed E-state index contributed by atoms with van der Waals surface area (Å²) in [5.41, 5.74) is 0.174. The normalized spacial score (nSPS) is 10.1. The van der Waals surface area contributed by atoms with Gasteiger partial charge in [-0.1, -0.05) is 18.2 Å². The summed E-state index contributed by atoms with van der Waals surface area (Å²) in [6, 6.07) is 6.67. The first-order chi connectivity index (χ1) is 7.20. The second-order valence-corrected chi connectivity index (χ2v) is 3.04. The molecule has 1 aromatic carbocycles. The molecule has 0 bridgehead atoms. The van der Waals surface area contributed by atoms with E-state index < -0.39 is 11.8 Å². The Kier molecular flexibility index (Phi) is 2.17. The van der Waals surface area contributed by atoms with Gasteiger partial charge in [-0.3, -0.25) is 9.78 Å². The summed E-state index contributed by atoms with van der Waals surface area (Å²) < 4.78 is 0. The van der Waals surface area contributed by atoms with Gasteiger partial charge in [0.2, 0.25) is 0 Å². The van der Waals surface area contributed by atoms with Crippen molar-refractivity contribution in [2.45, 2.75) is 0 Å². The van der Waals surface area contributed by atoms with Gasteiger partial charge >= 0.3 is 5.97 Å². The molecular weight excluding hydrogens is 194 g/mol. The van der Waals surface area contributed by atoms with E-state index >= 15 is 0 Å². The summed E-state index contributed by atoms with van der Waals surface area (Å²) in [7, 11) is 0. The maximum absolute atomic E-state index is 11.3. The first-order valence-electron chi connectivity index (χ1n) is 4.30. The highest BCUT2D eigenvalue weighted by Gasteiger charge is 2.16. The molecule has 1 heterocycles. The van der Waals surface area contributed by atoms with Crippen molar-refractivity contribution < 1.29 is 14.7 Å². The molecule has 0 aliphatic heterocycles. The molecule has 0 atom stereocenters. The molecule has 4 heteroatoms. The molecule has 1 aromatic heterocycles. The molecule has 15 heavy (non-hydrogen) atoms. The molecule has 0 radical (unpaired) electrons. The number of Topliss-reactive ketones (excluding diaryl/α,β-unsaturated/α-hetero) is 1. The number of ketones is 1. The van der Waals surface area contributed by atoms with Gasteiger partial charge in [0, 0.05) is 23.3 Å². The molecule has 1 N–H and O–H groups in total. The van der Waals surface area contributed by atoms with Crippen LogP contribution in [0.5, 0.6) is 0 Å². The van der Waals surface area contributed by atoms with Crippen LogP contribution in [0.2, 0.25) is 0 Å². The summed E-state index contributed by atoms with van der Waals surface area (Å²) in [5, 5.41) is 9.99. The Morgan fingerprint density at radius 3 is 2.73 bits per heavy atom. The highest BCUT2D eigenvalue weighted by molar-refractivity contribution is 6.42. The van der Waals surface area contributed by atoms with E-state index in [1.165, 1.54) is 12.3 Å². The van der Waals surface area contributed by atoms with Crippen LogP contribution >= 0.6 is 0 Å². The van der Waals surface area contributed by atoms with Crippen LogP contribution in [0.1, 0.15) is 10.4 Å². The lowest BCUT2D eigenvalue weighted by Gasteiger charge is -2.01. The Hall–Kier alpha value is -2.23. The number of nitrogens with zero attached hydrogens (tertiary/aromatic N) is 1. The molecule has 0 unspecified atom stereocenters. The van der Waals surface area contributed by atoms with Crippen LogP contribution in [0.15, 0.2) is 36.7 Å². The Balaban J connectivity index is 2.71. The average molecular weight is 201 g/mol. The molecule has 4 nitrogen and oxygen atoms in total. The molecule has 0 saturated carbocycles. The number of aromatic nitrogens is 1. The number of pyridine rings is 1. The first kappa shape index (κ1) is 9.33. The standard InChI is InChI=1S/C11H7NO3/c13-10(11(14)15)8-3-1-2-7-4-5-12-6-9(7)8/h1-6H,(H,14,15). The average Bonchev–Trinajstić information content (AvgIpc) is 2.27. The Bertz CT molecular complexity index is 543. The van der Waals surface area contributed by atoms with Gasteiger partial charge in [0.25, 0.3) is 5.78 Å². The minimum absolute atomic E-state index is 0.174. The largest absolute Gasteiger partial charge is 0.475 e. The van der Waals surface area contributed by atoms with E-state index in [0.717, 1.165) is 5.39 Å². The van der Waals surface area contributed by atoms with E-state index in [0.29, 0.717) is 5.39 Å². The fourth-order valence-corrected chi connectivity index (χ4v) is 1.43. The maximum atomic E-state index is 11.3. The summed E-state index contributed by atoms with van der Waals surface area (Å²) >= 11 is 0. The van der Waals surface area contributed by atoms with Gasteiger partial charge < -0.3 is 5.11 Å². The predicted molar refractivity (Wildman–Crippen MR) is 53.7 cm³/mol. The number of carboxylic acids is 1. The highest BCUT2D eigenvalue weighted by atomic mass is 16.4. The van der Waals surface area contributed by atoms with E-state index in [2.05, 4.69) is 4.98 Å². The molecular formula is C11H7NO3. The number of carbonyl (C=O) groups is 2. The third-order valence-corrected chi connectivity index (χ3v) is 2.12. The molecule has 0 amide bonds. The van der Waals surface area contributed by atoms with Gasteiger partial charge in [0.05, 0.1) is 0 Å². The number of fused-ring (bicyclic) bond motifs is 1. The van der Waals surface area contributed by atoms with E-state index in [-0.39, 0.29) is 5.56 Å². The zero-order valence-electron chi connectivity index (χ0n) is 7.68. The summed E-state index contributed by atoms with van der Waals surface area (Å²) in [6.07, 6.45) is 3.09. The van der Waals surface area contributed by atoms with Gasteiger partial charge in [-0.25, -0.2) is 4.79 Å². The van der Waals surface area contributed by atoms with Crippen LogP contribution in [-0.4, -0.2) is 21.8 Å². The number of carbonyl (C=O) groups excluding carboxylic acids is 1. The van der Waals surface area contributed by atoms with Crippen molar-refractivity contribution in [1.29, 1.82) is 0 Å². The topological polar surface area (TPSA) is 67.3 Å². The Morgan fingerprint density at radius 1 is 1.20 bits per heavy atom. The second-order valence-electron chi connectivity index (χ2n) is 3.04. The van der Waals surface area contributed by atoms with Crippen LogP contribution in [0.3, 0.4) is 0 Å². The van der Waals surface area contributed by atoms with Gasteiger partial charge in [-0.15, -0.1) is 0 Å². The number of hydrogen-bond acceptors (Lipinski definition) is 3. The maximum Gasteiger partial charge on any atom is 0.377 e.